The fourth-order valence-corrected chi connectivity index (χ4v) is 4.59. The average Bonchev–Trinajstić information content (AvgIpc) is 3.14. The largest absolute Gasteiger partial charge is 0.303 e. The molecule has 2 heterocycles. The second-order valence-electron chi connectivity index (χ2n) is 7.57. The molecule has 0 bridgehead atoms. The van der Waals surface area contributed by atoms with E-state index in [4.69, 9.17) is 34.8 Å². The number of hydrazone groups is 1. The highest BCUT2D eigenvalue weighted by Crippen LogP contribution is 2.42. The van der Waals surface area contributed by atoms with Crippen LogP contribution in [-0.2, 0) is 9.59 Å². The number of hydrogen-bond acceptors (Lipinski definition) is 5. The smallest absolute Gasteiger partial charge is 0.282 e. The van der Waals surface area contributed by atoms with Crippen molar-refractivity contribution in [2.75, 3.05) is 18.1 Å². The highest BCUT2D eigenvalue weighted by Gasteiger charge is 2.43. The molecule has 9 heteroatoms. The summed E-state index contributed by atoms with van der Waals surface area (Å²) in [6.45, 7) is 1.55. The van der Waals surface area contributed by atoms with Crippen LogP contribution in [0.25, 0.3) is 0 Å². The topological polar surface area (TPSA) is 65.0 Å². The number of amides is 1. The van der Waals surface area contributed by atoms with Crippen molar-refractivity contribution in [2.24, 2.45) is 11.0 Å². The summed E-state index contributed by atoms with van der Waals surface area (Å²) < 4.78 is 0. The maximum Gasteiger partial charge on any atom is 0.282 e. The van der Waals surface area contributed by atoms with E-state index in [0.29, 0.717) is 20.8 Å². The Bertz CT molecular complexity index is 1010. The number of piperidine rings is 1. The van der Waals surface area contributed by atoms with Gasteiger partial charge in [-0.25, -0.2) is 5.01 Å². The summed E-state index contributed by atoms with van der Waals surface area (Å²) in [4.78, 5) is 25.3. The maximum absolute atomic E-state index is 13.1. The van der Waals surface area contributed by atoms with Crippen LogP contribution >= 0.6 is 34.8 Å². The highest BCUT2D eigenvalue weighted by atomic mass is 35.5. The molecule has 2 aromatic rings. The minimum absolute atomic E-state index is 0.145. The van der Waals surface area contributed by atoms with Crippen LogP contribution in [0.15, 0.2) is 47.6 Å². The van der Waals surface area contributed by atoms with E-state index in [1.165, 1.54) is 0 Å². The molecule has 1 amide bonds. The average molecular weight is 480 g/mol. The van der Waals surface area contributed by atoms with Crippen molar-refractivity contribution in [3.63, 3.8) is 0 Å². The number of anilines is 1. The number of rotatable bonds is 5. The zero-order chi connectivity index (χ0) is 22.0. The number of carbonyl (C=O) groups excluding carboxylic acids is 2. The predicted octanol–water partition coefficient (Wildman–Crippen LogP) is 4.90. The van der Waals surface area contributed by atoms with Crippen LogP contribution in [0, 0.1) is 5.92 Å². The number of nitrogens with zero attached hydrogens (tertiary/aromatic N) is 3. The van der Waals surface area contributed by atoms with Crippen LogP contribution in [0.1, 0.15) is 30.9 Å². The van der Waals surface area contributed by atoms with Gasteiger partial charge in [0.2, 0.25) is 0 Å². The first-order valence-electron chi connectivity index (χ1n) is 10.1. The summed E-state index contributed by atoms with van der Waals surface area (Å²) in [7, 11) is 0. The second kappa shape index (κ2) is 9.57. The third-order valence-electron chi connectivity index (χ3n) is 5.50. The molecule has 2 unspecified atom stereocenters. The number of benzene rings is 2. The van der Waals surface area contributed by atoms with Gasteiger partial charge in [-0.15, -0.1) is 0 Å². The molecule has 6 nitrogen and oxygen atoms in total. The van der Waals surface area contributed by atoms with Gasteiger partial charge in [-0.1, -0.05) is 53.4 Å². The Morgan fingerprint density at radius 1 is 1.00 bits per heavy atom. The lowest BCUT2D eigenvalue weighted by Gasteiger charge is -2.28. The Balaban J connectivity index is 1.72. The number of carbonyl (C=O) groups is 2. The summed E-state index contributed by atoms with van der Waals surface area (Å²) >= 11 is 18.6. The van der Waals surface area contributed by atoms with Crippen molar-refractivity contribution in [2.45, 2.75) is 25.3 Å². The van der Waals surface area contributed by atoms with Gasteiger partial charge >= 0.3 is 0 Å². The first-order chi connectivity index (χ1) is 15.0. The second-order valence-corrected chi connectivity index (χ2v) is 8.85. The SMILES string of the molecule is O=CC1C(C(=O)NN2CCCCC2)=NN(c2ccc(Cl)cc2Cl)C1c1ccc(Cl)cc1. The van der Waals surface area contributed by atoms with E-state index in [1.807, 2.05) is 17.1 Å². The van der Waals surface area contributed by atoms with Crippen LogP contribution in [0.4, 0.5) is 5.69 Å². The fraction of sp³-hybridized carbons (Fsp3) is 0.318. The van der Waals surface area contributed by atoms with Crippen LogP contribution in [-0.4, -0.2) is 36.0 Å². The van der Waals surface area contributed by atoms with E-state index in [9.17, 15) is 9.59 Å². The van der Waals surface area contributed by atoms with Gasteiger partial charge in [0.25, 0.3) is 5.91 Å². The molecule has 2 aromatic carbocycles. The van der Waals surface area contributed by atoms with E-state index in [-0.39, 0.29) is 11.6 Å². The number of aldehydes is 1. The zero-order valence-corrected chi connectivity index (χ0v) is 18.9. The Hall–Kier alpha value is -2.12. The monoisotopic (exact) mass is 478 g/mol. The lowest BCUT2D eigenvalue weighted by Crippen LogP contribution is -2.48. The van der Waals surface area contributed by atoms with Gasteiger partial charge in [0.1, 0.15) is 12.0 Å². The molecule has 2 aliphatic heterocycles. The lowest BCUT2D eigenvalue weighted by molar-refractivity contribution is -0.120. The van der Waals surface area contributed by atoms with E-state index in [2.05, 4.69) is 10.5 Å². The molecule has 2 aliphatic rings. The Morgan fingerprint density at radius 3 is 2.32 bits per heavy atom. The summed E-state index contributed by atoms with van der Waals surface area (Å²) in [6, 6.07) is 11.6. The molecule has 0 spiro atoms. The van der Waals surface area contributed by atoms with Crippen molar-refractivity contribution in [3.8, 4) is 0 Å². The van der Waals surface area contributed by atoms with Crippen LogP contribution in [0.2, 0.25) is 15.1 Å². The number of hydrogen-bond donors (Lipinski definition) is 1. The Labute approximate surface area is 195 Å². The van der Waals surface area contributed by atoms with Gasteiger partial charge < -0.3 is 4.79 Å². The maximum atomic E-state index is 13.1. The molecule has 0 radical (unpaired) electrons. The first kappa shape index (κ1) is 22.1. The van der Waals surface area contributed by atoms with E-state index < -0.39 is 12.0 Å². The van der Waals surface area contributed by atoms with E-state index in [1.54, 1.807) is 35.3 Å². The lowest BCUT2D eigenvalue weighted by atomic mass is 9.90. The molecule has 1 fully saturated rings. The molecule has 1 saturated heterocycles. The van der Waals surface area contributed by atoms with Crippen LogP contribution < -0.4 is 10.4 Å². The molecule has 0 aliphatic carbocycles. The third-order valence-corrected chi connectivity index (χ3v) is 6.29. The van der Waals surface area contributed by atoms with Crippen molar-refractivity contribution in [3.05, 3.63) is 63.1 Å². The van der Waals surface area contributed by atoms with Crippen molar-refractivity contribution in [1.29, 1.82) is 0 Å². The number of nitrogens with one attached hydrogen (secondary N) is 1. The standard InChI is InChI=1S/C22H21Cl3N4O2/c23-15-6-4-14(5-7-15)21-17(13-30)20(22(31)27-28-10-2-1-3-11-28)26-29(21)19-9-8-16(24)12-18(19)25/h4-9,12-13,17,21H,1-3,10-11H2,(H,27,31). The number of hydrazine groups is 1. The molecule has 0 aromatic heterocycles. The Morgan fingerprint density at radius 2 is 1.68 bits per heavy atom. The molecule has 0 saturated carbocycles. The summed E-state index contributed by atoms with van der Waals surface area (Å²) in [5.74, 6) is -1.16. The number of halogens is 3. The van der Waals surface area contributed by atoms with Crippen LogP contribution in [0.3, 0.4) is 0 Å². The Kier molecular flexibility index (Phi) is 6.82. The minimum Gasteiger partial charge on any atom is -0.303 e. The summed E-state index contributed by atoms with van der Waals surface area (Å²) in [5, 5.41) is 9.49. The molecule has 31 heavy (non-hydrogen) atoms. The van der Waals surface area contributed by atoms with Gasteiger partial charge in [-0.2, -0.15) is 5.10 Å². The highest BCUT2D eigenvalue weighted by molar-refractivity contribution is 6.43. The van der Waals surface area contributed by atoms with Crippen molar-refractivity contribution in [1.82, 2.24) is 10.4 Å². The molecule has 4 rings (SSSR count). The molecule has 2 atom stereocenters. The van der Waals surface area contributed by atoms with Crippen molar-refractivity contribution >= 4 is 58.4 Å². The molecular weight excluding hydrogens is 459 g/mol. The molecular formula is C22H21Cl3N4O2. The van der Waals surface area contributed by atoms with Crippen LogP contribution in [0.5, 0.6) is 0 Å². The zero-order valence-electron chi connectivity index (χ0n) is 16.6. The fourth-order valence-electron chi connectivity index (χ4n) is 3.97. The van der Waals surface area contributed by atoms with Crippen molar-refractivity contribution < 1.29 is 9.59 Å². The summed E-state index contributed by atoms with van der Waals surface area (Å²) in [5.41, 5.74) is 4.39. The molecule has 162 valence electrons. The van der Waals surface area contributed by atoms with Gasteiger partial charge in [0, 0.05) is 23.1 Å². The van der Waals surface area contributed by atoms with Gasteiger partial charge in [0.05, 0.1) is 22.7 Å². The normalized spacial score (nSPS) is 21.6. The third kappa shape index (κ3) is 4.72. The van der Waals surface area contributed by atoms with E-state index >= 15 is 0 Å². The van der Waals surface area contributed by atoms with E-state index in [0.717, 1.165) is 44.2 Å². The van der Waals surface area contributed by atoms with Gasteiger partial charge in [-0.3, -0.25) is 15.2 Å². The van der Waals surface area contributed by atoms with Gasteiger partial charge in [-0.05, 0) is 48.7 Å². The van der Waals surface area contributed by atoms with Gasteiger partial charge in [0.15, 0.2) is 0 Å². The minimum atomic E-state index is -0.780. The molecule has 1 N–H and O–H groups in total. The summed E-state index contributed by atoms with van der Waals surface area (Å²) in [6.07, 6.45) is 3.94. The predicted molar refractivity (Wildman–Crippen MR) is 124 cm³/mol. The quantitative estimate of drug-likeness (QED) is 0.620. The first-order valence-corrected chi connectivity index (χ1v) is 11.2.